The highest BCUT2D eigenvalue weighted by molar-refractivity contribution is 7.11. The van der Waals surface area contributed by atoms with Crippen molar-refractivity contribution >= 4 is 28.3 Å². The van der Waals surface area contributed by atoms with Crippen molar-refractivity contribution in [3.63, 3.8) is 0 Å². The Kier molecular flexibility index (Phi) is 3.68. The second kappa shape index (κ2) is 5.96. The number of aromatic nitrogens is 4. The molecule has 3 aromatic heterocycles. The Morgan fingerprint density at radius 2 is 1.95 bits per heavy atom. The van der Waals surface area contributed by atoms with E-state index in [1.54, 1.807) is 12.4 Å². The Hall–Kier alpha value is -2.08. The lowest BCUT2D eigenvalue weighted by molar-refractivity contribution is 0.680. The standard InChI is InChI=1S/C16H17N5S/c1-2-4-13-11(3-1)20-15(22-13)7-8-18-14-6-5-12-16(21-14)19-10-9-17-12/h5-6,9-10H,1-4,7-8H2,(H,18,19,21). The van der Waals surface area contributed by atoms with Crippen LogP contribution in [0.1, 0.15) is 28.4 Å². The Balaban J connectivity index is 1.40. The Labute approximate surface area is 132 Å². The van der Waals surface area contributed by atoms with Crippen molar-refractivity contribution in [3.8, 4) is 0 Å². The highest BCUT2D eigenvalue weighted by atomic mass is 32.1. The molecule has 112 valence electrons. The number of pyridine rings is 1. The lowest BCUT2D eigenvalue weighted by Crippen LogP contribution is -2.06. The van der Waals surface area contributed by atoms with Crippen LogP contribution in [0, 0.1) is 0 Å². The molecule has 3 aromatic rings. The van der Waals surface area contributed by atoms with Crippen molar-refractivity contribution in [2.45, 2.75) is 32.1 Å². The number of nitrogens with one attached hydrogen (secondary N) is 1. The molecule has 0 radical (unpaired) electrons. The molecule has 4 rings (SSSR count). The first-order chi connectivity index (χ1) is 10.9. The minimum absolute atomic E-state index is 0.678. The van der Waals surface area contributed by atoms with Crippen LogP contribution < -0.4 is 5.32 Å². The number of thiazole rings is 1. The summed E-state index contributed by atoms with van der Waals surface area (Å²) in [5, 5.41) is 4.59. The lowest BCUT2D eigenvalue weighted by atomic mass is 10.0. The lowest BCUT2D eigenvalue weighted by Gasteiger charge is -2.06. The minimum Gasteiger partial charge on any atom is -0.370 e. The maximum atomic E-state index is 4.77. The zero-order valence-corrected chi connectivity index (χ0v) is 13.1. The average Bonchev–Trinajstić information content (AvgIpc) is 2.97. The highest BCUT2D eigenvalue weighted by Gasteiger charge is 2.14. The highest BCUT2D eigenvalue weighted by Crippen LogP contribution is 2.26. The predicted molar refractivity (Wildman–Crippen MR) is 88.3 cm³/mol. The number of nitrogens with zero attached hydrogens (tertiary/aromatic N) is 4. The van der Waals surface area contributed by atoms with Gasteiger partial charge >= 0.3 is 0 Å². The third-order valence-electron chi connectivity index (χ3n) is 3.87. The molecule has 0 aliphatic heterocycles. The Morgan fingerprint density at radius 3 is 2.91 bits per heavy atom. The number of anilines is 1. The zero-order valence-electron chi connectivity index (χ0n) is 12.2. The van der Waals surface area contributed by atoms with E-state index in [0.717, 1.165) is 30.7 Å². The van der Waals surface area contributed by atoms with E-state index in [4.69, 9.17) is 4.98 Å². The second-order valence-electron chi connectivity index (χ2n) is 5.46. The molecule has 1 aliphatic carbocycles. The first kappa shape index (κ1) is 13.6. The van der Waals surface area contributed by atoms with E-state index in [0.29, 0.717) is 5.65 Å². The molecule has 0 amide bonds. The smallest absolute Gasteiger partial charge is 0.180 e. The quantitative estimate of drug-likeness (QED) is 0.802. The molecular formula is C16H17N5S. The van der Waals surface area contributed by atoms with Crippen molar-refractivity contribution in [1.29, 1.82) is 0 Å². The van der Waals surface area contributed by atoms with Crippen molar-refractivity contribution in [2.24, 2.45) is 0 Å². The molecule has 0 fully saturated rings. The molecule has 0 unspecified atom stereocenters. The summed E-state index contributed by atoms with van der Waals surface area (Å²) in [7, 11) is 0. The topological polar surface area (TPSA) is 63.6 Å². The average molecular weight is 311 g/mol. The van der Waals surface area contributed by atoms with Gasteiger partial charge in [-0.1, -0.05) is 0 Å². The largest absolute Gasteiger partial charge is 0.370 e. The molecule has 5 nitrogen and oxygen atoms in total. The third kappa shape index (κ3) is 2.78. The summed E-state index contributed by atoms with van der Waals surface area (Å²) in [5.41, 5.74) is 2.84. The van der Waals surface area contributed by atoms with Gasteiger partial charge in [-0.25, -0.2) is 15.0 Å². The second-order valence-corrected chi connectivity index (χ2v) is 6.63. The molecule has 1 aliphatic rings. The van der Waals surface area contributed by atoms with Gasteiger partial charge in [0.1, 0.15) is 11.3 Å². The monoisotopic (exact) mass is 311 g/mol. The Morgan fingerprint density at radius 1 is 1.05 bits per heavy atom. The predicted octanol–water partition coefficient (Wildman–Crippen LogP) is 3.01. The van der Waals surface area contributed by atoms with Crippen LogP contribution in [0.2, 0.25) is 0 Å². The summed E-state index contributed by atoms with van der Waals surface area (Å²) in [6, 6.07) is 3.89. The van der Waals surface area contributed by atoms with E-state index >= 15 is 0 Å². The Bertz CT molecular complexity index is 775. The van der Waals surface area contributed by atoms with Gasteiger partial charge in [0.2, 0.25) is 0 Å². The summed E-state index contributed by atoms with van der Waals surface area (Å²) >= 11 is 1.88. The molecule has 0 aromatic carbocycles. The maximum absolute atomic E-state index is 4.77. The first-order valence-electron chi connectivity index (χ1n) is 7.67. The van der Waals surface area contributed by atoms with Gasteiger partial charge in [0.05, 0.1) is 10.7 Å². The number of rotatable bonds is 4. The summed E-state index contributed by atoms with van der Waals surface area (Å²) in [6.45, 7) is 0.838. The van der Waals surface area contributed by atoms with Gasteiger partial charge in [0.25, 0.3) is 0 Å². The number of hydrogen-bond donors (Lipinski definition) is 1. The van der Waals surface area contributed by atoms with Gasteiger partial charge in [-0.2, -0.15) is 0 Å². The summed E-state index contributed by atoms with van der Waals surface area (Å²) in [5.74, 6) is 0.842. The van der Waals surface area contributed by atoms with Crippen LogP contribution in [-0.2, 0) is 19.3 Å². The van der Waals surface area contributed by atoms with Crippen LogP contribution in [-0.4, -0.2) is 26.5 Å². The van der Waals surface area contributed by atoms with Gasteiger partial charge in [-0.05, 0) is 37.8 Å². The van der Waals surface area contributed by atoms with E-state index in [1.165, 1.54) is 34.8 Å². The maximum Gasteiger partial charge on any atom is 0.180 e. The molecule has 1 N–H and O–H groups in total. The van der Waals surface area contributed by atoms with Gasteiger partial charge in [-0.15, -0.1) is 11.3 Å². The van der Waals surface area contributed by atoms with E-state index in [-0.39, 0.29) is 0 Å². The fraction of sp³-hybridized carbons (Fsp3) is 0.375. The fourth-order valence-corrected chi connectivity index (χ4v) is 3.92. The van der Waals surface area contributed by atoms with Crippen LogP contribution in [0.25, 0.3) is 11.2 Å². The summed E-state index contributed by atoms with van der Waals surface area (Å²) in [4.78, 5) is 19.2. The molecule has 3 heterocycles. The molecule has 0 spiro atoms. The van der Waals surface area contributed by atoms with Crippen LogP contribution in [0.15, 0.2) is 24.5 Å². The molecule has 0 saturated heterocycles. The molecule has 6 heteroatoms. The van der Waals surface area contributed by atoms with Gasteiger partial charge in [0.15, 0.2) is 5.65 Å². The number of hydrogen-bond acceptors (Lipinski definition) is 6. The van der Waals surface area contributed by atoms with Crippen LogP contribution >= 0.6 is 11.3 Å². The van der Waals surface area contributed by atoms with E-state index in [9.17, 15) is 0 Å². The molecule has 0 saturated carbocycles. The minimum atomic E-state index is 0.678. The molecular weight excluding hydrogens is 294 g/mol. The summed E-state index contributed by atoms with van der Waals surface area (Å²) < 4.78 is 0. The SMILES string of the molecule is c1cnc2nc(NCCc3nc4c(s3)CCCC4)ccc2n1. The number of fused-ring (bicyclic) bond motifs is 2. The zero-order chi connectivity index (χ0) is 14.8. The summed E-state index contributed by atoms with van der Waals surface area (Å²) in [6.07, 6.45) is 9.26. The third-order valence-corrected chi connectivity index (χ3v) is 5.08. The van der Waals surface area contributed by atoms with E-state index < -0.39 is 0 Å². The van der Waals surface area contributed by atoms with E-state index in [2.05, 4.69) is 20.3 Å². The van der Waals surface area contributed by atoms with Gasteiger partial charge < -0.3 is 5.32 Å². The van der Waals surface area contributed by atoms with Crippen LogP contribution in [0.5, 0.6) is 0 Å². The fourth-order valence-electron chi connectivity index (χ4n) is 2.76. The van der Waals surface area contributed by atoms with Crippen LogP contribution in [0.3, 0.4) is 0 Å². The van der Waals surface area contributed by atoms with Crippen molar-refractivity contribution in [3.05, 3.63) is 40.1 Å². The molecule has 22 heavy (non-hydrogen) atoms. The number of aryl methyl sites for hydroxylation is 2. The normalized spacial score (nSPS) is 14.0. The van der Waals surface area contributed by atoms with E-state index in [1.807, 2.05) is 23.5 Å². The van der Waals surface area contributed by atoms with Crippen LogP contribution in [0.4, 0.5) is 5.82 Å². The van der Waals surface area contributed by atoms with Crippen molar-refractivity contribution in [2.75, 3.05) is 11.9 Å². The van der Waals surface area contributed by atoms with Gasteiger partial charge in [-0.3, -0.25) is 4.98 Å². The van der Waals surface area contributed by atoms with Crippen molar-refractivity contribution < 1.29 is 0 Å². The van der Waals surface area contributed by atoms with Crippen molar-refractivity contribution in [1.82, 2.24) is 19.9 Å². The first-order valence-corrected chi connectivity index (χ1v) is 8.49. The molecule has 0 atom stereocenters. The van der Waals surface area contributed by atoms with Gasteiger partial charge in [0, 0.05) is 30.2 Å². The molecule has 0 bridgehead atoms.